The number of ether oxygens (including phenoxy) is 1. The SMILES string of the molecule is CC(C)(CC(=O)[O-])CC(=O)Nc1ccc(Oc2ccccc2)cc1. The third-order valence-electron chi connectivity index (χ3n) is 3.38. The number of para-hydroxylation sites is 1. The van der Waals surface area contributed by atoms with Crippen LogP contribution in [0.3, 0.4) is 0 Å². The van der Waals surface area contributed by atoms with Gasteiger partial charge in [0.05, 0.1) is 0 Å². The molecule has 24 heavy (non-hydrogen) atoms. The maximum absolute atomic E-state index is 12.0. The van der Waals surface area contributed by atoms with Crippen LogP contribution >= 0.6 is 0 Å². The van der Waals surface area contributed by atoms with Crippen molar-refractivity contribution in [3.8, 4) is 11.5 Å². The molecular formula is C19H20NO4-. The van der Waals surface area contributed by atoms with E-state index in [1.165, 1.54) is 0 Å². The van der Waals surface area contributed by atoms with Crippen LogP contribution in [0.1, 0.15) is 26.7 Å². The van der Waals surface area contributed by atoms with Crippen LogP contribution < -0.4 is 15.2 Å². The molecule has 0 atom stereocenters. The summed E-state index contributed by atoms with van der Waals surface area (Å²) in [5.74, 6) is 0.00277. The van der Waals surface area contributed by atoms with Crippen molar-refractivity contribution in [2.45, 2.75) is 26.7 Å². The van der Waals surface area contributed by atoms with E-state index in [0.29, 0.717) is 11.4 Å². The fraction of sp³-hybridized carbons (Fsp3) is 0.263. The molecule has 0 saturated carbocycles. The summed E-state index contributed by atoms with van der Waals surface area (Å²) in [7, 11) is 0. The van der Waals surface area contributed by atoms with Gasteiger partial charge in [0.25, 0.3) is 0 Å². The molecule has 1 amide bonds. The molecule has 5 heteroatoms. The maximum Gasteiger partial charge on any atom is 0.224 e. The monoisotopic (exact) mass is 326 g/mol. The number of amides is 1. The topological polar surface area (TPSA) is 78.5 Å². The van der Waals surface area contributed by atoms with Gasteiger partial charge in [-0.3, -0.25) is 4.79 Å². The van der Waals surface area contributed by atoms with Crippen LogP contribution in [0.15, 0.2) is 54.6 Å². The van der Waals surface area contributed by atoms with Gasteiger partial charge in [-0.1, -0.05) is 32.0 Å². The van der Waals surface area contributed by atoms with Gasteiger partial charge >= 0.3 is 0 Å². The van der Waals surface area contributed by atoms with Gasteiger partial charge in [0.2, 0.25) is 5.91 Å². The molecule has 5 nitrogen and oxygen atoms in total. The molecule has 0 unspecified atom stereocenters. The van der Waals surface area contributed by atoms with Crippen molar-refractivity contribution in [3.05, 3.63) is 54.6 Å². The van der Waals surface area contributed by atoms with Crippen LogP contribution in [-0.4, -0.2) is 11.9 Å². The number of benzene rings is 2. The number of nitrogens with one attached hydrogen (secondary N) is 1. The van der Waals surface area contributed by atoms with Gasteiger partial charge in [-0.05, 0) is 48.2 Å². The molecule has 1 N–H and O–H groups in total. The zero-order valence-corrected chi connectivity index (χ0v) is 13.7. The lowest BCUT2D eigenvalue weighted by Gasteiger charge is -2.24. The van der Waals surface area contributed by atoms with Gasteiger partial charge in [0, 0.05) is 18.1 Å². The fourth-order valence-electron chi connectivity index (χ4n) is 2.32. The zero-order chi connectivity index (χ0) is 17.6. The van der Waals surface area contributed by atoms with Crippen molar-refractivity contribution in [1.29, 1.82) is 0 Å². The largest absolute Gasteiger partial charge is 0.550 e. The van der Waals surface area contributed by atoms with Crippen LogP contribution in [0.5, 0.6) is 11.5 Å². The number of carbonyl (C=O) groups is 2. The molecule has 2 aromatic carbocycles. The first-order valence-corrected chi connectivity index (χ1v) is 7.67. The molecule has 0 aromatic heterocycles. The van der Waals surface area contributed by atoms with Crippen LogP contribution in [0, 0.1) is 5.41 Å². The number of hydrogen-bond acceptors (Lipinski definition) is 4. The minimum absolute atomic E-state index is 0.100. The Morgan fingerprint density at radius 2 is 1.54 bits per heavy atom. The Morgan fingerprint density at radius 3 is 2.12 bits per heavy atom. The van der Waals surface area contributed by atoms with Crippen molar-refractivity contribution in [2.24, 2.45) is 5.41 Å². The zero-order valence-electron chi connectivity index (χ0n) is 13.7. The van der Waals surface area contributed by atoms with Gasteiger partial charge in [-0.25, -0.2) is 0 Å². The average molecular weight is 326 g/mol. The Kier molecular flexibility index (Phi) is 5.58. The Morgan fingerprint density at radius 1 is 0.958 bits per heavy atom. The molecule has 0 heterocycles. The molecule has 2 aromatic rings. The second-order valence-electron chi connectivity index (χ2n) is 6.38. The van der Waals surface area contributed by atoms with E-state index in [2.05, 4.69) is 5.32 Å². The van der Waals surface area contributed by atoms with E-state index in [1.807, 2.05) is 30.3 Å². The summed E-state index contributed by atoms with van der Waals surface area (Å²) >= 11 is 0. The quantitative estimate of drug-likeness (QED) is 0.848. The summed E-state index contributed by atoms with van der Waals surface area (Å²) in [5, 5.41) is 13.4. The molecule has 126 valence electrons. The molecule has 0 aliphatic rings. The van der Waals surface area contributed by atoms with Crippen molar-refractivity contribution < 1.29 is 19.4 Å². The number of carboxylic acids is 1. The summed E-state index contributed by atoms with van der Waals surface area (Å²) in [5.41, 5.74) is -0.0242. The van der Waals surface area contributed by atoms with E-state index >= 15 is 0 Å². The van der Waals surface area contributed by atoms with E-state index in [1.54, 1.807) is 38.1 Å². The van der Waals surface area contributed by atoms with E-state index in [0.717, 1.165) is 5.75 Å². The summed E-state index contributed by atoms with van der Waals surface area (Å²) in [4.78, 5) is 22.7. The second-order valence-corrected chi connectivity index (χ2v) is 6.38. The average Bonchev–Trinajstić information content (AvgIpc) is 2.48. The van der Waals surface area contributed by atoms with Gasteiger partial charge in [-0.15, -0.1) is 0 Å². The molecule has 0 fully saturated rings. The molecule has 0 aliphatic heterocycles. The Hall–Kier alpha value is -2.82. The number of hydrogen-bond donors (Lipinski definition) is 1. The third-order valence-corrected chi connectivity index (χ3v) is 3.38. The first-order valence-electron chi connectivity index (χ1n) is 7.67. The van der Waals surface area contributed by atoms with E-state index in [9.17, 15) is 14.7 Å². The molecule has 0 saturated heterocycles. The lowest BCUT2D eigenvalue weighted by molar-refractivity contribution is -0.307. The minimum atomic E-state index is -1.16. The number of aliphatic carboxylic acids is 1. The summed E-state index contributed by atoms with van der Waals surface area (Å²) in [6.07, 6.45) is -0.0620. The van der Waals surface area contributed by atoms with Crippen LogP contribution in [0.2, 0.25) is 0 Å². The minimum Gasteiger partial charge on any atom is -0.550 e. The lowest BCUT2D eigenvalue weighted by atomic mass is 9.85. The Bertz CT molecular complexity index is 693. The predicted molar refractivity (Wildman–Crippen MR) is 89.6 cm³/mol. The van der Waals surface area contributed by atoms with Crippen molar-refractivity contribution in [2.75, 3.05) is 5.32 Å². The fourth-order valence-corrected chi connectivity index (χ4v) is 2.32. The second kappa shape index (κ2) is 7.64. The number of rotatable bonds is 7. The summed E-state index contributed by atoms with van der Waals surface area (Å²) in [6.45, 7) is 3.44. The number of carboxylic acid groups (broad SMARTS) is 1. The third kappa shape index (κ3) is 5.76. The number of carbonyl (C=O) groups excluding carboxylic acids is 2. The highest BCUT2D eigenvalue weighted by molar-refractivity contribution is 5.91. The molecular weight excluding hydrogens is 306 g/mol. The highest BCUT2D eigenvalue weighted by Crippen LogP contribution is 2.26. The van der Waals surface area contributed by atoms with Crippen molar-refractivity contribution in [3.63, 3.8) is 0 Å². The van der Waals surface area contributed by atoms with Gasteiger partial charge in [-0.2, -0.15) is 0 Å². The van der Waals surface area contributed by atoms with Gasteiger partial charge in [0.15, 0.2) is 0 Å². The van der Waals surface area contributed by atoms with Crippen LogP contribution in [0.25, 0.3) is 0 Å². The lowest BCUT2D eigenvalue weighted by Crippen LogP contribution is -2.31. The van der Waals surface area contributed by atoms with Gasteiger partial charge < -0.3 is 20.0 Å². The smallest absolute Gasteiger partial charge is 0.224 e. The van der Waals surface area contributed by atoms with Crippen molar-refractivity contribution in [1.82, 2.24) is 0 Å². The molecule has 0 radical (unpaired) electrons. The Labute approximate surface area is 141 Å². The summed E-state index contributed by atoms with van der Waals surface area (Å²) < 4.78 is 5.68. The highest BCUT2D eigenvalue weighted by atomic mass is 16.5. The summed E-state index contributed by atoms with van der Waals surface area (Å²) in [6, 6.07) is 16.4. The standard InChI is InChI=1S/C19H21NO4/c1-19(2,13-18(22)23)12-17(21)20-14-8-10-16(11-9-14)24-15-6-4-3-5-7-15/h3-11H,12-13H2,1-2H3,(H,20,21)(H,22,23)/p-1. The van der Waals surface area contributed by atoms with E-state index in [-0.39, 0.29) is 18.7 Å². The molecule has 0 spiro atoms. The normalized spacial score (nSPS) is 10.9. The molecule has 0 bridgehead atoms. The van der Waals surface area contributed by atoms with Gasteiger partial charge in [0.1, 0.15) is 11.5 Å². The predicted octanol–water partition coefficient (Wildman–Crippen LogP) is 2.97. The Balaban J connectivity index is 1.91. The van der Waals surface area contributed by atoms with E-state index < -0.39 is 11.4 Å². The maximum atomic E-state index is 12.0. The van der Waals surface area contributed by atoms with Crippen LogP contribution in [-0.2, 0) is 9.59 Å². The highest BCUT2D eigenvalue weighted by Gasteiger charge is 2.22. The molecule has 0 aliphatic carbocycles. The van der Waals surface area contributed by atoms with E-state index in [4.69, 9.17) is 4.74 Å². The number of anilines is 1. The van der Waals surface area contributed by atoms with Crippen LogP contribution in [0.4, 0.5) is 5.69 Å². The molecule has 2 rings (SSSR count). The van der Waals surface area contributed by atoms with Crippen molar-refractivity contribution >= 4 is 17.6 Å². The first-order chi connectivity index (χ1) is 11.3. The first kappa shape index (κ1) is 17.5.